The van der Waals surface area contributed by atoms with Crippen LogP contribution in [-0.4, -0.2) is 17.7 Å². The number of aryl methyl sites for hydroxylation is 1. The third-order valence-electron chi connectivity index (χ3n) is 4.96. The molecule has 0 aliphatic heterocycles. The van der Waals surface area contributed by atoms with E-state index in [0.717, 1.165) is 36.8 Å². The van der Waals surface area contributed by atoms with E-state index in [1.54, 1.807) is 0 Å². The zero-order valence-electron chi connectivity index (χ0n) is 15.9. The van der Waals surface area contributed by atoms with Crippen LogP contribution < -0.4 is 10.1 Å². The number of nitrogens with one attached hydrogen (secondary N) is 1. The van der Waals surface area contributed by atoms with Crippen LogP contribution in [0.3, 0.4) is 0 Å². The molecule has 1 N–H and O–H groups in total. The predicted octanol–water partition coefficient (Wildman–Crippen LogP) is 5.21. The second kappa shape index (κ2) is 7.70. The minimum atomic E-state index is 0.197. The summed E-state index contributed by atoms with van der Waals surface area (Å²) in [6.45, 7) is 13.6. The Bertz CT molecular complexity index is 483. The summed E-state index contributed by atoms with van der Waals surface area (Å²) in [5, 5.41) is 3.65. The van der Waals surface area contributed by atoms with Crippen molar-refractivity contribution in [2.45, 2.75) is 84.9 Å². The van der Waals surface area contributed by atoms with E-state index in [1.165, 1.54) is 12.0 Å². The van der Waals surface area contributed by atoms with Crippen LogP contribution in [0.4, 0.5) is 0 Å². The molecule has 130 valence electrons. The molecule has 0 radical (unpaired) electrons. The lowest BCUT2D eigenvalue weighted by molar-refractivity contribution is 0.0733. The van der Waals surface area contributed by atoms with Gasteiger partial charge in [-0.05, 0) is 76.0 Å². The summed E-state index contributed by atoms with van der Waals surface area (Å²) in [6.07, 6.45) is 5.01. The van der Waals surface area contributed by atoms with Gasteiger partial charge in [-0.3, -0.25) is 0 Å². The van der Waals surface area contributed by atoms with Gasteiger partial charge in [0.15, 0.2) is 0 Å². The number of benzene rings is 1. The molecule has 2 rings (SSSR count). The van der Waals surface area contributed by atoms with E-state index in [1.807, 2.05) is 0 Å². The first kappa shape index (κ1) is 18.3. The van der Waals surface area contributed by atoms with Gasteiger partial charge in [-0.25, -0.2) is 0 Å². The van der Waals surface area contributed by atoms with Gasteiger partial charge in [-0.1, -0.05) is 32.9 Å². The summed E-state index contributed by atoms with van der Waals surface area (Å²) < 4.78 is 6.15. The van der Waals surface area contributed by atoms with Gasteiger partial charge < -0.3 is 10.1 Å². The van der Waals surface area contributed by atoms with Crippen LogP contribution in [0.1, 0.15) is 66.4 Å². The first-order valence-electron chi connectivity index (χ1n) is 9.26. The monoisotopic (exact) mass is 317 g/mol. The van der Waals surface area contributed by atoms with Crippen LogP contribution in [0.2, 0.25) is 0 Å². The molecular weight excluding hydrogens is 282 g/mol. The van der Waals surface area contributed by atoms with Crippen LogP contribution >= 0.6 is 0 Å². The summed E-state index contributed by atoms with van der Waals surface area (Å²) >= 11 is 0. The molecule has 1 aliphatic carbocycles. The maximum absolute atomic E-state index is 6.15. The van der Waals surface area contributed by atoms with Gasteiger partial charge in [0.25, 0.3) is 0 Å². The zero-order valence-corrected chi connectivity index (χ0v) is 15.9. The van der Waals surface area contributed by atoms with Gasteiger partial charge >= 0.3 is 0 Å². The molecule has 1 saturated carbocycles. The summed E-state index contributed by atoms with van der Waals surface area (Å²) in [5.74, 6) is 2.58. The van der Waals surface area contributed by atoms with Crippen molar-refractivity contribution in [3.05, 3.63) is 29.8 Å². The Morgan fingerprint density at radius 1 is 1.17 bits per heavy atom. The third kappa shape index (κ3) is 6.18. The summed E-state index contributed by atoms with van der Waals surface area (Å²) in [4.78, 5) is 0. The molecule has 0 spiro atoms. The largest absolute Gasteiger partial charge is 0.490 e. The van der Waals surface area contributed by atoms with E-state index < -0.39 is 0 Å². The molecule has 1 atom stereocenters. The van der Waals surface area contributed by atoms with Crippen molar-refractivity contribution in [2.75, 3.05) is 0 Å². The van der Waals surface area contributed by atoms with Crippen molar-refractivity contribution in [1.29, 1.82) is 0 Å². The van der Waals surface area contributed by atoms with E-state index in [4.69, 9.17) is 4.74 Å². The molecule has 1 fully saturated rings. The highest BCUT2D eigenvalue weighted by molar-refractivity contribution is 5.29. The maximum atomic E-state index is 6.15. The Labute approximate surface area is 143 Å². The van der Waals surface area contributed by atoms with Crippen molar-refractivity contribution in [3.63, 3.8) is 0 Å². The highest BCUT2D eigenvalue weighted by Crippen LogP contribution is 2.28. The number of hydrogen-bond acceptors (Lipinski definition) is 2. The van der Waals surface area contributed by atoms with Crippen molar-refractivity contribution in [1.82, 2.24) is 5.32 Å². The predicted molar refractivity (Wildman–Crippen MR) is 99.1 cm³/mol. The van der Waals surface area contributed by atoms with Gasteiger partial charge in [-0.15, -0.1) is 0 Å². The van der Waals surface area contributed by atoms with Crippen LogP contribution in [-0.2, 0) is 6.42 Å². The van der Waals surface area contributed by atoms with Crippen molar-refractivity contribution >= 4 is 0 Å². The van der Waals surface area contributed by atoms with Gasteiger partial charge in [0.2, 0.25) is 0 Å². The van der Waals surface area contributed by atoms with Gasteiger partial charge in [-0.2, -0.15) is 0 Å². The lowest BCUT2D eigenvalue weighted by Gasteiger charge is -2.40. The molecule has 2 heteroatoms. The molecule has 1 aromatic rings. The van der Waals surface area contributed by atoms with Crippen LogP contribution in [0.25, 0.3) is 0 Å². The van der Waals surface area contributed by atoms with Gasteiger partial charge in [0.05, 0.1) is 0 Å². The van der Waals surface area contributed by atoms with E-state index in [-0.39, 0.29) is 5.54 Å². The molecular formula is C21H35NO. The smallest absolute Gasteiger partial charge is 0.119 e. The Morgan fingerprint density at radius 3 is 2.48 bits per heavy atom. The Hall–Kier alpha value is -1.02. The molecule has 1 aromatic carbocycles. The standard InChI is InChI=1S/C21H35NO/c1-15(2)16(3)10-11-17-8-7-9-19(12-17)23-20-13-18(14-20)22-21(4,5)6/h7-9,12,15-16,18,20,22H,10-11,13-14H2,1-6H3/t16-,18-,20-/m0/s1. The molecule has 0 aromatic heterocycles. The second-order valence-electron chi connectivity index (χ2n) is 8.71. The van der Waals surface area contributed by atoms with Crippen molar-refractivity contribution in [2.24, 2.45) is 11.8 Å². The third-order valence-corrected chi connectivity index (χ3v) is 4.96. The van der Waals surface area contributed by atoms with Gasteiger partial charge in [0.1, 0.15) is 11.9 Å². The van der Waals surface area contributed by atoms with Crippen LogP contribution in [0, 0.1) is 11.8 Å². The lowest BCUT2D eigenvalue weighted by Crippen LogP contribution is -2.53. The van der Waals surface area contributed by atoms with E-state index in [2.05, 4.69) is 71.1 Å². The molecule has 0 saturated heterocycles. The van der Waals surface area contributed by atoms with Crippen molar-refractivity contribution < 1.29 is 4.74 Å². The molecule has 0 bridgehead atoms. The van der Waals surface area contributed by atoms with E-state index in [9.17, 15) is 0 Å². The average Bonchev–Trinajstić information content (AvgIpc) is 2.41. The highest BCUT2D eigenvalue weighted by atomic mass is 16.5. The van der Waals surface area contributed by atoms with Gasteiger partial charge in [0, 0.05) is 11.6 Å². The summed E-state index contributed by atoms with van der Waals surface area (Å²) in [5.41, 5.74) is 1.60. The quantitative estimate of drug-likeness (QED) is 0.745. The molecule has 0 amide bonds. The zero-order chi connectivity index (χ0) is 17.0. The molecule has 0 unspecified atom stereocenters. The Morgan fingerprint density at radius 2 is 1.87 bits per heavy atom. The summed E-state index contributed by atoms with van der Waals surface area (Å²) in [7, 11) is 0. The number of hydrogen-bond donors (Lipinski definition) is 1. The molecule has 0 heterocycles. The first-order valence-corrected chi connectivity index (χ1v) is 9.26. The Kier molecular flexibility index (Phi) is 6.13. The van der Waals surface area contributed by atoms with E-state index in [0.29, 0.717) is 12.1 Å². The second-order valence-corrected chi connectivity index (χ2v) is 8.71. The fourth-order valence-corrected chi connectivity index (χ4v) is 3.09. The highest BCUT2D eigenvalue weighted by Gasteiger charge is 2.33. The van der Waals surface area contributed by atoms with E-state index >= 15 is 0 Å². The Balaban J connectivity index is 1.78. The normalized spacial score (nSPS) is 22.7. The molecule has 2 nitrogen and oxygen atoms in total. The molecule has 23 heavy (non-hydrogen) atoms. The van der Waals surface area contributed by atoms with Crippen LogP contribution in [0.15, 0.2) is 24.3 Å². The van der Waals surface area contributed by atoms with Crippen molar-refractivity contribution in [3.8, 4) is 5.75 Å². The minimum absolute atomic E-state index is 0.197. The average molecular weight is 318 g/mol. The number of rotatable bonds is 7. The number of ether oxygens (including phenoxy) is 1. The summed E-state index contributed by atoms with van der Waals surface area (Å²) in [6, 6.07) is 9.30. The fraction of sp³-hybridized carbons (Fsp3) is 0.714. The first-order chi connectivity index (χ1) is 10.7. The fourth-order valence-electron chi connectivity index (χ4n) is 3.09. The van der Waals surface area contributed by atoms with Crippen LogP contribution in [0.5, 0.6) is 5.75 Å². The topological polar surface area (TPSA) is 21.3 Å². The SMILES string of the molecule is CC(C)[C@@H](C)CCc1cccc(O[C@H]2C[C@H](NC(C)(C)C)C2)c1. The minimum Gasteiger partial charge on any atom is -0.490 e. The molecule has 1 aliphatic rings. The maximum Gasteiger partial charge on any atom is 0.119 e. The lowest BCUT2D eigenvalue weighted by atomic mass is 9.87.